The highest BCUT2D eigenvalue weighted by molar-refractivity contribution is 6.33. The Labute approximate surface area is 137 Å². The van der Waals surface area contributed by atoms with Crippen LogP contribution >= 0.6 is 11.6 Å². The van der Waals surface area contributed by atoms with Crippen molar-refractivity contribution in [2.75, 3.05) is 18.4 Å². The molecule has 1 aromatic rings. The molecule has 0 aliphatic heterocycles. The number of halogens is 4. The number of amides is 2. The Morgan fingerprint density at radius 3 is 2.43 bits per heavy atom. The van der Waals surface area contributed by atoms with Gasteiger partial charge in [0.2, 0.25) is 11.8 Å². The summed E-state index contributed by atoms with van der Waals surface area (Å²) in [5, 5.41) is 2.37. The van der Waals surface area contributed by atoms with E-state index in [0.29, 0.717) is 6.54 Å². The number of nitrogens with zero attached hydrogens (tertiary/aromatic N) is 1. The van der Waals surface area contributed by atoms with Gasteiger partial charge in [-0.15, -0.1) is 0 Å². The highest BCUT2D eigenvalue weighted by Crippen LogP contribution is 2.33. The molecule has 0 fully saturated rings. The predicted molar refractivity (Wildman–Crippen MR) is 82.2 cm³/mol. The van der Waals surface area contributed by atoms with Crippen LogP contribution in [0.4, 0.5) is 18.9 Å². The Balaban J connectivity index is 2.72. The molecule has 2 amide bonds. The fourth-order valence-electron chi connectivity index (χ4n) is 1.94. The van der Waals surface area contributed by atoms with Crippen molar-refractivity contribution in [1.29, 1.82) is 0 Å². The van der Waals surface area contributed by atoms with Crippen molar-refractivity contribution in [3.8, 4) is 0 Å². The van der Waals surface area contributed by atoms with E-state index in [2.05, 4.69) is 5.32 Å². The zero-order valence-electron chi connectivity index (χ0n) is 12.8. The monoisotopic (exact) mass is 350 g/mol. The summed E-state index contributed by atoms with van der Waals surface area (Å²) in [6.07, 6.45) is -3.79. The third-order valence-corrected chi connectivity index (χ3v) is 3.44. The summed E-state index contributed by atoms with van der Waals surface area (Å²) < 4.78 is 38.0. The SMILES string of the molecule is CCCN(CCC(=O)Nc1cc(C(F)(F)F)ccc1Cl)C(C)=O. The lowest BCUT2D eigenvalue weighted by molar-refractivity contribution is -0.137. The summed E-state index contributed by atoms with van der Waals surface area (Å²) in [5.74, 6) is -0.662. The zero-order valence-corrected chi connectivity index (χ0v) is 13.6. The van der Waals surface area contributed by atoms with Crippen LogP contribution in [0.5, 0.6) is 0 Å². The third-order valence-electron chi connectivity index (χ3n) is 3.12. The van der Waals surface area contributed by atoms with E-state index >= 15 is 0 Å². The molecule has 1 aromatic carbocycles. The van der Waals surface area contributed by atoms with Gasteiger partial charge in [-0.05, 0) is 24.6 Å². The first-order valence-corrected chi connectivity index (χ1v) is 7.45. The molecule has 8 heteroatoms. The first kappa shape index (κ1) is 19.3. The second kappa shape index (κ2) is 8.19. The number of anilines is 1. The van der Waals surface area contributed by atoms with Crippen LogP contribution in [0.2, 0.25) is 5.02 Å². The molecular weight excluding hydrogens is 333 g/mol. The molecule has 1 rings (SSSR count). The van der Waals surface area contributed by atoms with Crippen LogP contribution in [0.3, 0.4) is 0 Å². The van der Waals surface area contributed by atoms with Gasteiger partial charge in [-0.1, -0.05) is 18.5 Å². The van der Waals surface area contributed by atoms with Crippen LogP contribution in [0, 0.1) is 0 Å². The highest BCUT2D eigenvalue weighted by atomic mass is 35.5. The smallest absolute Gasteiger partial charge is 0.342 e. The van der Waals surface area contributed by atoms with Crippen molar-refractivity contribution in [3.63, 3.8) is 0 Å². The number of rotatable bonds is 6. The average Bonchev–Trinajstić information content (AvgIpc) is 2.44. The molecular formula is C15H18ClF3N2O2. The van der Waals surface area contributed by atoms with Crippen molar-refractivity contribution in [2.45, 2.75) is 32.9 Å². The second-order valence-corrected chi connectivity index (χ2v) is 5.40. The van der Waals surface area contributed by atoms with Gasteiger partial charge in [-0.25, -0.2) is 0 Å². The van der Waals surface area contributed by atoms with Crippen molar-refractivity contribution >= 4 is 29.1 Å². The maximum atomic E-state index is 12.7. The fourth-order valence-corrected chi connectivity index (χ4v) is 2.11. The Hall–Kier alpha value is -1.76. The number of benzene rings is 1. The molecule has 0 radical (unpaired) electrons. The molecule has 1 N–H and O–H groups in total. The number of alkyl halides is 3. The Kier molecular flexibility index (Phi) is 6.87. The minimum Gasteiger partial charge on any atom is -0.342 e. The van der Waals surface area contributed by atoms with Gasteiger partial charge in [-0.3, -0.25) is 9.59 Å². The molecule has 23 heavy (non-hydrogen) atoms. The van der Waals surface area contributed by atoms with Crippen LogP contribution in [0.1, 0.15) is 32.3 Å². The second-order valence-electron chi connectivity index (χ2n) is 5.00. The summed E-state index contributed by atoms with van der Waals surface area (Å²) in [5.41, 5.74) is -0.995. The van der Waals surface area contributed by atoms with Crippen LogP contribution in [0.15, 0.2) is 18.2 Å². The minimum absolute atomic E-state index is 0.0170. The van der Waals surface area contributed by atoms with E-state index in [1.165, 1.54) is 11.8 Å². The lowest BCUT2D eigenvalue weighted by Gasteiger charge is -2.20. The molecule has 0 saturated carbocycles. The third kappa shape index (κ3) is 6.09. The summed E-state index contributed by atoms with van der Waals surface area (Å²) in [7, 11) is 0. The molecule has 0 spiro atoms. The molecule has 0 heterocycles. The van der Waals surface area contributed by atoms with Crippen LogP contribution in [-0.2, 0) is 15.8 Å². The maximum absolute atomic E-state index is 12.7. The van der Waals surface area contributed by atoms with Crippen molar-refractivity contribution < 1.29 is 22.8 Å². The zero-order chi connectivity index (χ0) is 17.6. The molecule has 0 atom stereocenters. The van der Waals surface area contributed by atoms with E-state index in [0.717, 1.165) is 24.6 Å². The molecule has 0 aliphatic rings. The number of carbonyl (C=O) groups is 2. The quantitative estimate of drug-likeness (QED) is 0.844. The lowest BCUT2D eigenvalue weighted by atomic mass is 10.2. The topological polar surface area (TPSA) is 49.4 Å². The van der Waals surface area contributed by atoms with Crippen molar-refractivity contribution in [3.05, 3.63) is 28.8 Å². The minimum atomic E-state index is -4.52. The molecule has 0 aliphatic carbocycles. The van der Waals surface area contributed by atoms with Gasteiger partial charge in [0.15, 0.2) is 0 Å². The summed E-state index contributed by atoms with van der Waals surface area (Å²) in [6, 6.07) is 2.71. The van der Waals surface area contributed by atoms with Crippen molar-refractivity contribution in [2.24, 2.45) is 0 Å². The van der Waals surface area contributed by atoms with E-state index in [1.54, 1.807) is 0 Å². The van der Waals surface area contributed by atoms with E-state index in [4.69, 9.17) is 11.6 Å². The molecule has 0 unspecified atom stereocenters. The van der Waals surface area contributed by atoms with E-state index in [-0.39, 0.29) is 29.6 Å². The standard InChI is InChI=1S/C15H18ClF3N2O2/c1-3-7-21(10(2)22)8-6-14(23)20-13-9-11(15(17,18)19)4-5-12(13)16/h4-5,9H,3,6-8H2,1-2H3,(H,20,23). The van der Waals surface area contributed by atoms with Crippen LogP contribution in [-0.4, -0.2) is 29.8 Å². The first-order chi connectivity index (χ1) is 10.6. The Morgan fingerprint density at radius 2 is 1.91 bits per heavy atom. The van der Waals surface area contributed by atoms with Crippen LogP contribution in [0.25, 0.3) is 0 Å². The van der Waals surface area contributed by atoms with E-state index in [9.17, 15) is 22.8 Å². The van der Waals surface area contributed by atoms with Gasteiger partial charge in [0, 0.05) is 26.4 Å². The normalized spacial score (nSPS) is 11.2. The maximum Gasteiger partial charge on any atom is 0.416 e. The average molecular weight is 351 g/mol. The number of nitrogens with one attached hydrogen (secondary N) is 1. The highest BCUT2D eigenvalue weighted by Gasteiger charge is 2.31. The van der Waals surface area contributed by atoms with Gasteiger partial charge in [0.05, 0.1) is 16.3 Å². The summed E-state index contributed by atoms with van der Waals surface area (Å²) in [6.45, 7) is 4.02. The predicted octanol–water partition coefficient (Wildman–Crippen LogP) is 3.95. The van der Waals surface area contributed by atoms with Gasteiger partial charge >= 0.3 is 6.18 Å². The van der Waals surface area contributed by atoms with Gasteiger partial charge in [0.25, 0.3) is 0 Å². The van der Waals surface area contributed by atoms with Gasteiger partial charge in [-0.2, -0.15) is 13.2 Å². The summed E-state index contributed by atoms with van der Waals surface area (Å²) in [4.78, 5) is 24.7. The Morgan fingerprint density at radius 1 is 1.26 bits per heavy atom. The van der Waals surface area contributed by atoms with Crippen LogP contribution < -0.4 is 5.32 Å². The van der Waals surface area contributed by atoms with E-state index in [1.807, 2.05) is 6.92 Å². The molecule has 4 nitrogen and oxygen atoms in total. The lowest BCUT2D eigenvalue weighted by Crippen LogP contribution is -2.32. The molecule has 128 valence electrons. The Bertz CT molecular complexity index is 576. The number of hydrogen-bond donors (Lipinski definition) is 1. The first-order valence-electron chi connectivity index (χ1n) is 7.07. The summed E-state index contributed by atoms with van der Waals surface area (Å²) >= 11 is 5.81. The number of hydrogen-bond acceptors (Lipinski definition) is 2. The van der Waals surface area contributed by atoms with Gasteiger partial charge in [0.1, 0.15) is 0 Å². The van der Waals surface area contributed by atoms with Gasteiger partial charge < -0.3 is 10.2 Å². The molecule has 0 bridgehead atoms. The number of carbonyl (C=O) groups excluding carboxylic acids is 2. The molecule has 0 aromatic heterocycles. The van der Waals surface area contributed by atoms with Crippen molar-refractivity contribution in [1.82, 2.24) is 4.90 Å². The largest absolute Gasteiger partial charge is 0.416 e. The molecule has 0 saturated heterocycles. The van der Waals surface area contributed by atoms with E-state index < -0.39 is 17.6 Å². The fraction of sp³-hybridized carbons (Fsp3) is 0.467.